The van der Waals surface area contributed by atoms with Gasteiger partial charge in [0.1, 0.15) is 0 Å². The van der Waals surface area contributed by atoms with Crippen LogP contribution >= 0.6 is 0 Å². The molecule has 1 saturated heterocycles. The van der Waals surface area contributed by atoms with Crippen molar-refractivity contribution in [1.29, 1.82) is 0 Å². The molecule has 4 rings (SSSR count). The van der Waals surface area contributed by atoms with Crippen molar-refractivity contribution < 1.29 is 17.9 Å². The zero-order valence-electron chi connectivity index (χ0n) is 19.2. The average molecular weight is 486 g/mol. The molecule has 2 aromatic carbocycles. The Morgan fingerprint density at radius 3 is 2.38 bits per heavy atom. The maximum atomic E-state index is 13.0. The second-order valence-corrected chi connectivity index (χ2v) is 10.1. The summed E-state index contributed by atoms with van der Waals surface area (Å²) < 4.78 is 34.4. The van der Waals surface area contributed by atoms with Crippen molar-refractivity contribution in [3.63, 3.8) is 0 Å². The van der Waals surface area contributed by atoms with Crippen molar-refractivity contribution in [2.45, 2.75) is 44.4 Å². The van der Waals surface area contributed by atoms with Crippen LogP contribution in [0, 0.1) is 0 Å². The van der Waals surface area contributed by atoms with Crippen LogP contribution in [-0.2, 0) is 21.3 Å². The predicted octanol–water partition coefficient (Wildman–Crippen LogP) is 1.97. The smallest absolute Gasteiger partial charge is 0.269 e. The molecular formula is C23H27N5O5S. The molecule has 180 valence electrons. The van der Waals surface area contributed by atoms with E-state index in [-0.39, 0.29) is 47.3 Å². The molecule has 2 N–H and O–H groups in total. The maximum absolute atomic E-state index is 13.0. The molecule has 0 radical (unpaired) electrons. The third-order valence-corrected chi connectivity index (χ3v) is 7.45. The number of hydrogen-bond acceptors (Lipinski definition) is 7. The minimum Gasteiger partial charge on any atom is -0.373 e. The van der Waals surface area contributed by atoms with Crippen LogP contribution in [0.4, 0.5) is 5.95 Å². The van der Waals surface area contributed by atoms with Gasteiger partial charge in [-0.2, -0.15) is 4.31 Å². The highest BCUT2D eigenvalue weighted by Crippen LogP contribution is 2.21. The van der Waals surface area contributed by atoms with Gasteiger partial charge in [0.15, 0.2) is 0 Å². The summed E-state index contributed by atoms with van der Waals surface area (Å²) in [4.78, 5) is 29.9. The number of morpholine rings is 1. The number of anilines is 1. The number of rotatable bonds is 6. The largest absolute Gasteiger partial charge is 0.373 e. The number of carbonyl (C=O) groups is 1. The van der Waals surface area contributed by atoms with E-state index in [1.165, 1.54) is 33.1 Å². The van der Waals surface area contributed by atoms with Crippen LogP contribution in [-0.4, -0.2) is 53.5 Å². The number of carbonyl (C=O) groups excluding carboxylic acids is 1. The summed E-state index contributed by atoms with van der Waals surface area (Å²) in [5, 5.41) is 0.488. The number of fused-ring (bicyclic) bond motifs is 1. The van der Waals surface area contributed by atoms with Crippen LogP contribution in [0.3, 0.4) is 0 Å². The Bertz CT molecular complexity index is 1360. The van der Waals surface area contributed by atoms with Crippen LogP contribution in [0.25, 0.3) is 10.9 Å². The van der Waals surface area contributed by atoms with Gasteiger partial charge in [0.25, 0.3) is 11.5 Å². The number of nitrogens with one attached hydrogen (secondary N) is 2. The molecule has 2 heterocycles. The SMILES string of the molecule is CCn1c(NNC(=O)c2ccc(S(=O)(=O)N3CC(C)OC(C)C3)cc2)nc2ccccc2c1=O. The van der Waals surface area contributed by atoms with Crippen molar-refractivity contribution >= 4 is 32.8 Å². The Kier molecular flexibility index (Phi) is 6.69. The first kappa shape index (κ1) is 23.9. The molecule has 3 aromatic rings. The lowest BCUT2D eigenvalue weighted by Gasteiger charge is -2.34. The van der Waals surface area contributed by atoms with Crippen molar-refractivity contribution in [2.75, 3.05) is 18.5 Å². The van der Waals surface area contributed by atoms with Gasteiger partial charge in [-0.3, -0.25) is 25.0 Å². The van der Waals surface area contributed by atoms with E-state index >= 15 is 0 Å². The Morgan fingerprint density at radius 1 is 1.09 bits per heavy atom. The first-order valence-electron chi connectivity index (χ1n) is 11.0. The standard InChI is InChI=1S/C23H27N5O5S/c1-4-28-22(30)19-7-5-6-8-20(19)24-23(28)26-25-21(29)17-9-11-18(12-10-17)34(31,32)27-13-15(2)33-16(3)14-27/h5-12,15-16H,4,13-14H2,1-3H3,(H,24,26)(H,25,29). The lowest BCUT2D eigenvalue weighted by Crippen LogP contribution is -2.48. The zero-order chi connectivity index (χ0) is 24.5. The molecule has 0 saturated carbocycles. The molecule has 2 atom stereocenters. The third-order valence-electron chi connectivity index (χ3n) is 5.61. The van der Waals surface area contributed by atoms with Gasteiger partial charge in [-0.05, 0) is 57.2 Å². The quantitative estimate of drug-likeness (QED) is 0.512. The predicted molar refractivity (Wildman–Crippen MR) is 128 cm³/mol. The van der Waals surface area contributed by atoms with Crippen LogP contribution < -0.4 is 16.4 Å². The molecule has 34 heavy (non-hydrogen) atoms. The van der Waals surface area contributed by atoms with Gasteiger partial charge in [0.05, 0.1) is 28.0 Å². The molecule has 1 aromatic heterocycles. The lowest BCUT2D eigenvalue weighted by molar-refractivity contribution is -0.0440. The zero-order valence-corrected chi connectivity index (χ0v) is 20.0. The Morgan fingerprint density at radius 2 is 1.74 bits per heavy atom. The van der Waals surface area contributed by atoms with Gasteiger partial charge >= 0.3 is 0 Å². The van der Waals surface area contributed by atoms with Crippen LogP contribution in [0.1, 0.15) is 31.1 Å². The number of sulfonamides is 1. The minimum atomic E-state index is -3.70. The summed E-state index contributed by atoms with van der Waals surface area (Å²) in [6.45, 7) is 6.38. The number of aromatic nitrogens is 2. The molecule has 1 fully saturated rings. The summed E-state index contributed by atoms with van der Waals surface area (Å²) in [6.07, 6.45) is -0.391. The molecule has 2 unspecified atom stereocenters. The second-order valence-electron chi connectivity index (χ2n) is 8.18. The van der Waals surface area contributed by atoms with E-state index in [2.05, 4.69) is 15.8 Å². The topological polar surface area (TPSA) is 123 Å². The highest BCUT2D eigenvalue weighted by molar-refractivity contribution is 7.89. The molecule has 0 aliphatic carbocycles. The van der Waals surface area contributed by atoms with Gasteiger partial charge in [-0.15, -0.1) is 0 Å². The summed E-state index contributed by atoms with van der Waals surface area (Å²) in [6, 6.07) is 12.7. The number of amides is 1. The molecule has 0 bridgehead atoms. The second kappa shape index (κ2) is 9.53. The van der Waals surface area contributed by atoms with Crippen molar-refractivity contribution in [1.82, 2.24) is 19.3 Å². The summed E-state index contributed by atoms with van der Waals surface area (Å²) in [7, 11) is -3.70. The van der Waals surface area contributed by atoms with Crippen molar-refractivity contribution in [3.05, 3.63) is 64.4 Å². The van der Waals surface area contributed by atoms with E-state index in [0.717, 1.165) is 0 Å². The highest BCUT2D eigenvalue weighted by Gasteiger charge is 2.32. The normalized spacial score (nSPS) is 19.1. The fraction of sp³-hybridized carbons (Fsp3) is 0.348. The Labute approximate surface area is 197 Å². The fourth-order valence-corrected chi connectivity index (χ4v) is 5.59. The number of benzene rings is 2. The van der Waals surface area contributed by atoms with Gasteiger partial charge < -0.3 is 4.74 Å². The van der Waals surface area contributed by atoms with E-state index in [0.29, 0.717) is 17.4 Å². The number of para-hydroxylation sites is 1. The van der Waals surface area contributed by atoms with E-state index in [9.17, 15) is 18.0 Å². The van der Waals surface area contributed by atoms with E-state index in [1.54, 1.807) is 31.2 Å². The van der Waals surface area contributed by atoms with Crippen LogP contribution in [0.2, 0.25) is 0 Å². The first-order valence-corrected chi connectivity index (χ1v) is 12.5. The summed E-state index contributed by atoms with van der Waals surface area (Å²) in [5.41, 5.74) is 5.79. The molecule has 1 aliphatic rings. The van der Waals surface area contributed by atoms with Gasteiger partial charge in [-0.1, -0.05) is 12.1 Å². The summed E-state index contributed by atoms with van der Waals surface area (Å²) in [5.74, 6) is -0.295. The fourth-order valence-electron chi connectivity index (χ4n) is 4.00. The Balaban J connectivity index is 1.49. The monoisotopic (exact) mass is 485 g/mol. The number of ether oxygens (including phenoxy) is 1. The van der Waals surface area contributed by atoms with E-state index in [4.69, 9.17) is 4.74 Å². The number of hydrogen-bond donors (Lipinski definition) is 2. The van der Waals surface area contributed by atoms with Crippen LogP contribution in [0.5, 0.6) is 0 Å². The Hall–Kier alpha value is -3.28. The van der Waals surface area contributed by atoms with Gasteiger partial charge in [0.2, 0.25) is 16.0 Å². The molecule has 11 heteroatoms. The molecule has 0 spiro atoms. The van der Waals surface area contributed by atoms with Crippen molar-refractivity contribution in [3.8, 4) is 0 Å². The molecule has 1 amide bonds. The third kappa shape index (κ3) is 4.67. The first-order chi connectivity index (χ1) is 16.2. The minimum absolute atomic E-state index is 0.106. The van der Waals surface area contributed by atoms with Gasteiger partial charge in [-0.25, -0.2) is 13.4 Å². The lowest BCUT2D eigenvalue weighted by atomic mass is 10.2. The van der Waals surface area contributed by atoms with Crippen LogP contribution in [0.15, 0.2) is 58.2 Å². The number of hydrazine groups is 1. The van der Waals surface area contributed by atoms with Crippen molar-refractivity contribution in [2.24, 2.45) is 0 Å². The average Bonchev–Trinajstić information content (AvgIpc) is 2.82. The summed E-state index contributed by atoms with van der Waals surface area (Å²) >= 11 is 0. The molecular weight excluding hydrogens is 458 g/mol. The van der Waals surface area contributed by atoms with E-state index < -0.39 is 15.9 Å². The van der Waals surface area contributed by atoms with E-state index in [1.807, 2.05) is 13.8 Å². The highest BCUT2D eigenvalue weighted by atomic mass is 32.2. The van der Waals surface area contributed by atoms with Gasteiger partial charge in [0, 0.05) is 25.2 Å². The maximum Gasteiger partial charge on any atom is 0.269 e. The molecule has 10 nitrogen and oxygen atoms in total. The number of nitrogens with zero attached hydrogens (tertiary/aromatic N) is 3. The molecule has 1 aliphatic heterocycles.